The molecule has 0 fully saturated rings. The van der Waals surface area contributed by atoms with Gasteiger partial charge in [-0.05, 0) is 19.8 Å². The Morgan fingerprint density at radius 1 is 1.22 bits per heavy atom. The van der Waals surface area contributed by atoms with Crippen molar-refractivity contribution in [2.75, 3.05) is 25.9 Å². The van der Waals surface area contributed by atoms with Crippen LogP contribution < -0.4 is 10.6 Å². The van der Waals surface area contributed by atoms with Gasteiger partial charge in [-0.3, -0.25) is 0 Å². The second kappa shape index (κ2) is 7.58. The normalized spacial score (nSPS) is 12.2. The average molecular weight is 279 g/mol. The molecule has 0 aromatic carbocycles. The van der Waals surface area contributed by atoms with Gasteiger partial charge in [-0.25, -0.2) is 17.5 Å². The Labute approximate surface area is 110 Å². The van der Waals surface area contributed by atoms with Gasteiger partial charge < -0.3 is 10.6 Å². The van der Waals surface area contributed by atoms with Crippen molar-refractivity contribution in [2.45, 2.75) is 33.7 Å². The molecule has 0 spiro atoms. The lowest BCUT2D eigenvalue weighted by Gasteiger charge is -2.22. The van der Waals surface area contributed by atoms with E-state index in [-0.39, 0.29) is 18.0 Å². The number of nitrogens with zero attached hydrogens (tertiary/aromatic N) is 1. The molecule has 0 aromatic rings. The van der Waals surface area contributed by atoms with Crippen LogP contribution >= 0.6 is 0 Å². The van der Waals surface area contributed by atoms with E-state index in [1.807, 2.05) is 27.7 Å². The van der Waals surface area contributed by atoms with Gasteiger partial charge in [-0.2, -0.15) is 0 Å². The minimum atomic E-state index is -3.22. The smallest absolute Gasteiger partial charge is 0.315 e. The maximum Gasteiger partial charge on any atom is 0.315 e. The number of sulfonamides is 1. The Bertz CT molecular complexity index is 353. The quantitative estimate of drug-likeness (QED) is 0.717. The molecule has 0 saturated heterocycles. The first-order valence-electron chi connectivity index (χ1n) is 6.12. The lowest BCUT2D eigenvalue weighted by molar-refractivity contribution is 0.237. The molecule has 0 rings (SSSR count). The summed E-state index contributed by atoms with van der Waals surface area (Å²) in [5.41, 5.74) is 0. The molecule has 0 aliphatic rings. The maximum absolute atomic E-state index is 11.5. The predicted molar refractivity (Wildman–Crippen MR) is 72.9 cm³/mol. The van der Waals surface area contributed by atoms with Gasteiger partial charge in [0.2, 0.25) is 10.0 Å². The first kappa shape index (κ1) is 17.2. The first-order valence-corrected chi connectivity index (χ1v) is 7.97. The lowest BCUT2D eigenvalue weighted by Crippen LogP contribution is -2.44. The lowest BCUT2D eigenvalue weighted by atomic mass is 10.2. The van der Waals surface area contributed by atoms with Gasteiger partial charge in [0.15, 0.2) is 0 Å². The molecule has 0 bridgehead atoms. The summed E-state index contributed by atoms with van der Waals surface area (Å²) in [5, 5.41) is 5.31. The third-order valence-electron chi connectivity index (χ3n) is 2.10. The van der Waals surface area contributed by atoms with E-state index in [1.165, 1.54) is 10.6 Å². The minimum absolute atomic E-state index is 0.0617. The Kier molecular flexibility index (Phi) is 7.23. The first-order chi connectivity index (χ1) is 8.12. The second-order valence-electron chi connectivity index (χ2n) is 5.07. The van der Waals surface area contributed by atoms with Crippen LogP contribution in [0.4, 0.5) is 4.79 Å². The van der Waals surface area contributed by atoms with Gasteiger partial charge in [0, 0.05) is 25.7 Å². The molecule has 7 heteroatoms. The third-order valence-corrected chi connectivity index (χ3v) is 3.37. The Morgan fingerprint density at radius 2 is 1.78 bits per heavy atom. The molecule has 0 heterocycles. The van der Waals surface area contributed by atoms with Gasteiger partial charge >= 0.3 is 6.03 Å². The van der Waals surface area contributed by atoms with Crippen molar-refractivity contribution < 1.29 is 13.2 Å². The Morgan fingerprint density at radius 3 is 2.17 bits per heavy atom. The minimum Gasteiger partial charge on any atom is -0.337 e. The van der Waals surface area contributed by atoms with Crippen LogP contribution in [0.15, 0.2) is 0 Å². The molecule has 0 aliphatic heterocycles. The van der Waals surface area contributed by atoms with Crippen LogP contribution in [0.2, 0.25) is 0 Å². The second-order valence-corrected chi connectivity index (χ2v) is 7.05. The Hall–Kier alpha value is -0.820. The molecular weight excluding hydrogens is 254 g/mol. The molecule has 0 unspecified atom stereocenters. The number of hydrogen-bond acceptors (Lipinski definition) is 3. The molecule has 0 radical (unpaired) electrons. The van der Waals surface area contributed by atoms with Gasteiger partial charge in [0.05, 0.1) is 6.26 Å². The summed E-state index contributed by atoms with van der Waals surface area (Å²) in [6.45, 7) is 8.70. The summed E-state index contributed by atoms with van der Waals surface area (Å²) in [5.74, 6) is 0.254. The van der Waals surface area contributed by atoms with Crippen LogP contribution in [0.5, 0.6) is 0 Å². The van der Waals surface area contributed by atoms with Crippen molar-refractivity contribution in [3.63, 3.8) is 0 Å². The number of carbonyl (C=O) groups is 1. The number of urea groups is 1. The zero-order valence-electron chi connectivity index (χ0n) is 11.9. The molecule has 0 saturated carbocycles. The monoisotopic (exact) mass is 279 g/mol. The van der Waals surface area contributed by atoms with Crippen LogP contribution in [0, 0.1) is 5.92 Å². The zero-order chi connectivity index (χ0) is 14.3. The number of carbonyl (C=O) groups excluding carboxylic acids is 1. The van der Waals surface area contributed by atoms with E-state index < -0.39 is 10.0 Å². The van der Waals surface area contributed by atoms with Crippen molar-refractivity contribution in [2.24, 2.45) is 5.92 Å². The molecule has 0 aliphatic carbocycles. The van der Waals surface area contributed by atoms with E-state index >= 15 is 0 Å². The molecule has 0 atom stereocenters. The molecule has 18 heavy (non-hydrogen) atoms. The van der Waals surface area contributed by atoms with E-state index in [9.17, 15) is 13.2 Å². The van der Waals surface area contributed by atoms with E-state index in [0.717, 1.165) is 0 Å². The molecule has 0 aromatic heterocycles. The van der Waals surface area contributed by atoms with Crippen LogP contribution in [-0.4, -0.2) is 50.7 Å². The average Bonchev–Trinajstić information content (AvgIpc) is 2.12. The largest absolute Gasteiger partial charge is 0.337 e. The highest BCUT2D eigenvalue weighted by atomic mass is 32.2. The third kappa shape index (κ3) is 8.30. The highest BCUT2D eigenvalue weighted by Crippen LogP contribution is 2.03. The van der Waals surface area contributed by atoms with E-state index in [1.54, 1.807) is 0 Å². The molecular formula is C11H25N3O3S. The van der Waals surface area contributed by atoms with E-state index in [0.29, 0.717) is 19.6 Å². The summed E-state index contributed by atoms with van der Waals surface area (Å²) in [4.78, 5) is 11.3. The highest BCUT2D eigenvalue weighted by Gasteiger charge is 2.17. The van der Waals surface area contributed by atoms with Crippen molar-refractivity contribution in [1.82, 2.24) is 14.9 Å². The molecule has 6 nitrogen and oxygen atoms in total. The van der Waals surface area contributed by atoms with Gasteiger partial charge in [0.1, 0.15) is 0 Å². The standard InChI is InChI=1S/C11H25N3O3S/c1-9(2)8-14(18(5,16)17)7-6-12-11(15)13-10(3)4/h9-10H,6-8H2,1-5H3,(H2,12,13,15). The van der Waals surface area contributed by atoms with Crippen molar-refractivity contribution in [1.29, 1.82) is 0 Å². The van der Waals surface area contributed by atoms with Gasteiger partial charge in [-0.15, -0.1) is 0 Å². The predicted octanol–water partition coefficient (Wildman–Crippen LogP) is 0.612. The van der Waals surface area contributed by atoms with Crippen LogP contribution in [-0.2, 0) is 10.0 Å². The Balaban J connectivity index is 4.17. The van der Waals surface area contributed by atoms with Crippen molar-refractivity contribution in [3.05, 3.63) is 0 Å². The summed E-state index contributed by atoms with van der Waals surface area (Å²) < 4.78 is 24.4. The topological polar surface area (TPSA) is 78.5 Å². The van der Waals surface area contributed by atoms with Crippen LogP contribution in [0.25, 0.3) is 0 Å². The fourth-order valence-corrected chi connectivity index (χ4v) is 2.40. The fraction of sp³-hybridized carbons (Fsp3) is 0.909. The maximum atomic E-state index is 11.5. The summed E-state index contributed by atoms with van der Waals surface area (Å²) in [7, 11) is -3.22. The summed E-state index contributed by atoms with van der Waals surface area (Å²) >= 11 is 0. The zero-order valence-corrected chi connectivity index (χ0v) is 12.7. The van der Waals surface area contributed by atoms with Gasteiger partial charge in [-0.1, -0.05) is 13.8 Å². The fourth-order valence-electron chi connectivity index (χ4n) is 1.41. The number of amides is 2. The summed E-state index contributed by atoms with van der Waals surface area (Å²) in [6.07, 6.45) is 1.18. The SMILES string of the molecule is CC(C)CN(CCNC(=O)NC(C)C)S(C)(=O)=O. The molecule has 2 N–H and O–H groups in total. The molecule has 2 amide bonds. The highest BCUT2D eigenvalue weighted by molar-refractivity contribution is 7.88. The van der Waals surface area contributed by atoms with E-state index in [2.05, 4.69) is 10.6 Å². The van der Waals surface area contributed by atoms with Crippen LogP contribution in [0.1, 0.15) is 27.7 Å². The summed E-state index contributed by atoms with van der Waals surface area (Å²) in [6, 6.07) is -0.213. The number of rotatable bonds is 7. The number of nitrogens with one attached hydrogen (secondary N) is 2. The van der Waals surface area contributed by atoms with Crippen LogP contribution in [0.3, 0.4) is 0 Å². The van der Waals surface area contributed by atoms with E-state index in [4.69, 9.17) is 0 Å². The number of hydrogen-bond donors (Lipinski definition) is 2. The van der Waals surface area contributed by atoms with Crippen molar-refractivity contribution >= 4 is 16.1 Å². The van der Waals surface area contributed by atoms with Gasteiger partial charge in [0.25, 0.3) is 0 Å². The van der Waals surface area contributed by atoms with Crippen molar-refractivity contribution in [3.8, 4) is 0 Å². The molecule has 108 valence electrons.